The monoisotopic (exact) mass is 415 g/mol. The van der Waals surface area contributed by atoms with Gasteiger partial charge in [0.25, 0.3) is 5.91 Å². The molecule has 0 spiro atoms. The zero-order valence-corrected chi connectivity index (χ0v) is 16.6. The van der Waals surface area contributed by atoms with E-state index in [9.17, 15) is 18.8 Å². The molecule has 4 amide bonds. The van der Waals surface area contributed by atoms with Crippen molar-refractivity contribution in [2.24, 2.45) is 0 Å². The minimum Gasteiger partial charge on any atom is -0.497 e. The van der Waals surface area contributed by atoms with Crippen LogP contribution in [0.2, 0.25) is 0 Å². The standard InChI is InChI=1S/C21H22FN3O5/c1-29-12-11-24-18(13-19(26)23-15-5-3-14(22)4-6-15)20(27)25(21(24)28)16-7-9-17(30-2)10-8-16/h3-10,18H,11-13H2,1-2H3,(H,23,26)/t18-/m1/s1. The number of amides is 4. The molecule has 2 aromatic rings. The summed E-state index contributed by atoms with van der Waals surface area (Å²) in [5.41, 5.74) is 0.781. The Hall–Kier alpha value is -3.46. The first-order valence-electron chi connectivity index (χ1n) is 9.27. The van der Waals surface area contributed by atoms with Gasteiger partial charge in [-0.25, -0.2) is 14.1 Å². The number of hydrogen-bond donors (Lipinski definition) is 1. The van der Waals surface area contributed by atoms with Crippen LogP contribution < -0.4 is 15.0 Å². The van der Waals surface area contributed by atoms with Crippen LogP contribution in [0.15, 0.2) is 48.5 Å². The lowest BCUT2D eigenvalue weighted by atomic mass is 10.1. The van der Waals surface area contributed by atoms with Crippen molar-refractivity contribution in [1.82, 2.24) is 4.90 Å². The number of nitrogens with one attached hydrogen (secondary N) is 1. The van der Waals surface area contributed by atoms with E-state index in [2.05, 4.69) is 5.32 Å². The van der Waals surface area contributed by atoms with Crippen LogP contribution >= 0.6 is 0 Å². The smallest absolute Gasteiger partial charge is 0.332 e. The van der Waals surface area contributed by atoms with Crippen molar-refractivity contribution in [3.63, 3.8) is 0 Å². The summed E-state index contributed by atoms with van der Waals surface area (Å²) in [6.45, 7) is 0.369. The van der Waals surface area contributed by atoms with E-state index in [-0.39, 0.29) is 19.6 Å². The molecule has 1 saturated heterocycles. The summed E-state index contributed by atoms with van der Waals surface area (Å²) in [4.78, 5) is 40.8. The Morgan fingerprint density at radius 2 is 1.73 bits per heavy atom. The van der Waals surface area contributed by atoms with Crippen LogP contribution in [0.5, 0.6) is 5.75 Å². The molecule has 0 saturated carbocycles. The van der Waals surface area contributed by atoms with E-state index < -0.39 is 29.7 Å². The summed E-state index contributed by atoms with van der Waals surface area (Å²) in [5, 5.41) is 2.62. The van der Waals surface area contributed by atoms with Crippen LogP contribution in [-0.2, 0) is 14.3 Å². The van der Waals surface area contributed by atoms with Crippen molar-refractivity contribution >= 4 is 29.2 Å². The number of anilines is 2. The largest absolute Gasteiger partial charge is 0.497 e. The fourth-order valence-electron chi connectivity index (χ4n) is 3.17. The van der Waals surface area contributed by atoms with Crippen LogP contribution in [0.3, 0.4) is 0 Å². The van der Waals surface area contributed by atoms with Crippen LogP contribution in [0, 0.1) is 5.82 Å². The Morgan fingerprint density at radius 1 is 1.07 bits per heavy atom. The summed E-state index contributed by atoms with van der Waals surface area (Å²) >= 11 is 0. The van der Waals surface area contributed by atoms with Gasteiger partial charge in [-0.1, -0.05) is 0 Å². The molecule has 9 heteroatoms. The molecule has 3 rings (SSSR count). The lowest BCUT2D eigenvalue weighted by molar-refractivity contribution is -0.124. The van der Waals surface area contributed by atoms with Crippen LogP contribution in [0.4, 0.5) is 20.6 Å². The first-order valence-corrected chi connectivity index (χ1v) is 9.27. The number of methoxy groups -OCH3 is 2. The fraction of sp³-hybridized carbons (Fsp3) is 0.286. The SMILES string of the molecule is COCCN1C(=O)N(c2ccc(OC)cc2)C(=O)[C@H]1CC(=O)Nc1ccc(F)cc1. The number of carbonyl (C=O) groups is 3. The highest BCUT2D eigenvalue weighted by Gasteiger charge is 2.46. The first-order chi connectivity index (χ1) is 14.4. The summed E-state index contributed by atoms with van der Waals surface area (Å²) in [7, 11) is 3.00. The molecule has 0 bridgehead atoms. The molecule has 30 heavy (non-hydrogen) atoms. The molecule has 1 atom stereocenters. The quantitative estimate of drug-likeness (QED) is 0.670. The van der Waals surface area contributed by atoms with Crippen molar-refractivity contribution < 1.29 is 28.2 Å². The lowest BCUT2D eigenvalue weighted by Crippen LogP contribution is -2.39. The van der Waals surface area contributed by atoms with E-state index in [1.165, 1.54) is 43.4 Å². The second kappa shape index (κ2) is 9.36. The van der Waals surface area contributed by atoms with Gasteiger partial charge in [0.15, 0.2) is 0 Å². The van der Waals surface area contributed by atoms with E-state index in [4.69, 9.17) is 9.47 Å². The zero-order chi connectivity index (χ0) is 21.7. The van der Waals surface area contributed by atoms with Gasteiger partial charge in [-0.05, 0) is 48.5 Å². The Balaban J connectivity index is 1.79. The third-order valence-corrected chi connectivity index (χ3v) is 4.69. The molecule has 1 fully saturated rings. The second-order valence-corrected chi connectivity index (χ2v) is 6.62. The maximum atomic E-state index is 13.0. The maximum absolute atomic E-state index is 13.0. The van der Waals surface area contributed by atoms with E-state index in [1.54, 1.807) is 24.3 Å². The van der Waals surface area contributed by atoms with Gasteiger partial charge in [0.1, 0.15) is 17.6 Å². The van der Waals surface area contributed by atoms with Crippen LogP contribution in [-0.4, -0.2) is 56.2 Å². The summed E-state index contributed by atoms with van der Waals surface area (Å²) in [5.74, 6) is -0.808. The predicted molar refractivity (Wildman–Crippen MR) is 108 cm³/mol. The Kier molecular flexibility index (Phi) is 6.63. The molecule has 8 nitrogen and oxygen atoms in total. The summed E-state index contributed by atoms with van der Waals surface area (Å²) < 4.78 is 23.2. The number of nitrogens with zero attached hydrogens (tertiary/aromatic N) is 2. The third-order valence-electron chi connectivity index (χ3n) is 4.69. The van der Waals surface area contributed by atoms with E-state index in [0.717, 1.165) is 4.90 Å². The maximum Gasteiger partial charge on any atom is 0.332 e. The van der Waals surface area contributed by atoms with Crippen LogP contribution in [0.1, 0.15) is 6.42 Å². The van der Waals surface area contributed by atoms with Crippen molar-refractivity contribution in [3.8, 4) is 5.75 Å². The normalized spacial score (nSPS) is 16.2. The van der Waals surface area contributed by atoms with E-state index >= 15 is 0 Å². The Labute approximate surface area is 173 Å². The number of benzene rings is 2. The minimum atomic E-state index is -0.977. The second-order valence-electron chi connectivity index (χ2n) is 6.62. The number of carbonyl (C=O) groups excluding carboxylic acids is 3. The van der Waals surface area contributed by atoms with Gasteiger partial charge in [0.05, 0.1) is 25.8 Å². The molecular formula is C21H22FN3O5. The highest BCUT2D eigenvalue weighted by atomic mass is 19.1. The molecule has 1 aliphatic rings. The summed E-state index contributed by atoms with van der Waals surface area (Å²) in [6, 6.07) is 10.3. The third kappa shape index (κ3) is 4.57. The molecule has 158 valence electrons. The van der Waals surface area contributed by atoms with Gasteiger partial charge in [-0.15, -0.1) is 0 Å². The van der Waals surface area contributed by atoms with Gasteiger partial charge < -0.3 is 19.7 Å². The predicted octanol–water partition coefficient (Wildman–Crippen LogP) is 2.65. The van der Waals surface area contributed by atoms with Gasteiger partial charge in [0.2, 0.25) is 5.91 Å². The number of hydrogen-bond acceptors (Lipinski definition) is 5. The molecule has 0 unspecified atom stereocenters. The molecule has 1 aliphatic heterocycles. The average molecular weight is 415 g/mol. The molecule has 1 N–H and O–H groups in total. The van der Waals surface area contributed by atoms with Gasteiger partial charge in [0, 0.05) is 19.3 Å². The highest BCUT2D eigenvalue weighted by molar-refractivity contribution is 6.22. The highest BCUT2D eigenvalue weighted by Crippen LogP contribution is 2.28. The fourth-order valence-corrected chi connectivity index (χ4v) is 3.17. The number of rotatable bonds is 8. The molecule has 0 radical (unpaired) electrons. The number of halogens is 1. The Bertz CT molecular complexity index is 917. The van der Waals surface area contributed by atoms with Crippen LogP contribution in [0.25, 0.3) is 0 Å². The van der Waals surface area contributed by atoms with Gasteiger partial charge >= 0.3 is 6.03 Å². The lowest BCUT2D eigenvalue weighted by Gasteiger charge is -2.21. The molecule has 2 aromatic carbocycles. The summed E-state index contributed by atoms with van der Waals surface area (Å²) in [6.07, 6.45) is -0.238. The molecule has 0 aliphatic carbocycles. The molecule has 1 heterocycles. The van der Waals surface area contributed by atoms with Gasteiger partial charge in [-0.2, -0.15) is 0 Å². The van der Waals surface area contributed by atoms with E-state index in [1.807, 2.05) is 0 Å². The van der Waals surface area contributed by atoms with Crippen molar-refractivity contribution in [2.45, 2.75) is 12.5 Å². The van der Waals surface area contributed by atoms with Crippen molar-refractivity contribution in [3.05, 3.63) is 54.3 Å². The minimum absolute atomic E-state index is 0.155. The number of imide groups is 1. The number of ether oxygens (including phenoxy) is 2. The zero-order valence-electron chi connectivity index (χ0n) is 16.6. The molecular weight excluding hydrogens is 393 g/mol. The topological polar surface area (TPSA) is 88.2 Å². The van der Waals surface area contributed by atoms with Crippen molar-refractivity contribution in [1.29, 1.82) is 0 Å². The molecule has 0 aromatic heterocycles. The number of urea groups is 1. The van der Waals surface area contributed by atoms with E-state index in [0.29, 0.717) is 17.1 Å². The van der Waals surface area contributed by atoms with Crippen molar-refractivity contribution in [2.75, 3.05) is 37.6 Å². The first kappa shape index (κ1) is 21.3. The van der Waals surface area contributed by atoms with Gasteiger partial charge in [-0.3, -0.25) is 9.59 Å². The average Bonchev–Trinajstić information content (AvgIpc) is 2.97. The Morgan fingerprint density at radius 3 is 2.33 bits per heavy atom.